The van der Waals surface area contributed by atoms with Crippen LogP contribution in [0.25, 0.3) is 0 Å². The van der Waals surface area contributed by atoms with Crippen molar-refractivity contribution in [2.45, 2.75) is 18.8 Å². The molecule has 0 atom stereocenters. The molecule has 3 nitrogen and oxygen atoms in total. The van der Waals surface area contributed by atoms with E-state index in [4.69, 9.17) is 16.3 Å². The highest BCUT2D eigenvalue weighted by atomic mass is 79.9. The molecule has 0 amide bonds. The lowest BCUT2D eigenvalue weighted by atomic mass is 10.3. The summed E-state index contributed by atoms with van der Waals surface area (Å²) in [5, 5.41) is 0.308. The van der Waals surface area contributed by atoms with Gasteiger partial charge in [-0.3, -0.25) is 0 Å². The van der Waals surface area contributed by atoms with Crippen LogP contribution in [0, 0.1) is 5.82 Å². The average Bonchev–Trinajstić information content (AvgIpc) is 3.17. The Hall–Kier alpha value is -1.20. The smallest absolute Gasteiger partial charge is 0.224 e. The summed E-state index contributed by atoms with van der Waals surface area (Å²) < 4.78 is 19.8. The van der Waals surface area contributed by atoms with Gasteiger partial charge in [-0.05, 0) is 31.0 Å². The van der Waals surface area contributed by atoms with Crippen molar-refractivity contribution in [2.75, 3.05) is 0 Å². The number of hydrogen-bond acceptors (Lipinski definition) is 3. The maximum atomic E-state index is 13.6. The van der Waals surface area contributed by atoms with Gasteiger partial charge >= 0.3 is 0 Å². The SMILES string of the molecule is Fc1ccc(Br)cc1Oc1cc(Cl)nc(C2CC2)n1. The van der Waals surface area contributed by atoms with E-state index in [9.17, 15) is 4.39 Å². The van der Waals surface area contributed by atoms with Crippen molar-refractivity contribution in [3.8, 4) is 11.6 Å². The lowest BCUT2D eigenvalue weighted by Crippen LogP contribution is -1.97. The van der Waals surface area contributed by atoms with Crippen LogP contribution in [0.2, 0.25) is 5.15 Å². The third-order valence-electron chi connectivity index (χ3n) is 2.74. The van der Waals surface area contributed by atoms with Gasteiger partial charge in [0.2, 0.25) is 5.88 Å². The Morgan fingerprint density at radius 3 is 2.79 bits per heavy atom. The second-order valence-electron chi connectivity index (χ2n) is 4.34. The first-order chi connectivity index (χ1) is 9.11. The van der Waals surface area contributed by atoms with Crippen LogP contribution in [0.3, 0.4) is 0 Å². The quantitative estimate of drug-likeness (QED) is 0.758. The van der Waals surface area contributed by atoms with Gasteiger partial charge in [0.15, 0.2) is 11.6 Å². The summed E-state index contributed by atoms with van der Waals surface area (Å²) in [6.45, 7) is 0. The van der Waals surface area contributed by atoms with Crippen LogP contribution in [0.1, 0.15) is 24.6 Å². The first-order valence-electron chi connectivity index (χ1n) is 5.79. The van der Waals surface area contributed by atoms with Crippen LogP contribution in [-0.2, 0) is 0 Å². The Kier molecular flexibility index (Phi) is 3.41. The van der Waals surface area contributed by atoms with Crippen molar-refractivity contribution in [1.29, 1.82) is 0 Å². The molecule has 1 aromatic heterocycles. The second-order valence-corrected chi connectivity index (χ2v) is 5.64. The van der Waals surface area contributed by atoms with Gasteiger partial charge < -0.3 is 4.74 Å². The van der Waals surface area contributed by atoms with Crippen molar-refractivity contribution in [3.05, 3.63) is 45.5 Å². The predicted octanol–water partition coefficient (Wildman–Crippen LogP) is 4.70. The highest BCUT2D eigenvalue weighted by molar-refractivity contribution is 9.10. The number of ether oxygens (including phenoxy) is 1. The van der Waals surface area contributed by atoms with Gasteiger partial charge in [-0.1, -0.05) is 27.5 Å². The van der Waals surface area contributed by atoms with Crippen molar-refractivity contribution < 1.29 is 9.13 Å². The molecule has 1 aliphatic carbocycles. The summed E-state index contributed by atoms with van der Waals surface area (Å²) in [4.78, 5) is 8.41. The fourth-order valence-corrected chi connectivity index (χ4v) is 2.18. The van der Waals surface area contributed by atoms with Gasteiger partial charge in [0, 0.05) is 16.5 Å². The standard InChI is InChI=1S/C13H9BrClFN2O/c14-8-3-4-9(16)10(5-8)19-12-6-11(15)17-13(18-12)7-1-2-7/h3-7H,1-2H2. The van der Waals surface area contributed by atoms with E-state index in [0.29, 0.717) is 16.9 Å². The van der Waals surface area contributed by atoms with E-state index in [0.717, 1.165) is 17.3 Å². The highest BCUT2D eigenvalue weighted by Crippen LogP contribution is 2.39. The zero-order valence-electron chi connectivity index (χ0n) is 9.74. The van der Waals surface area contributed by atoms with Crippen molar-refractivity contribution in [2.24, 2.45) is 0 Å². The minimum atomic E-state index is -0.453. The fourth-order valence-electron chi connectivity index (χ4n) is 1.66. The molecule has 1 aliphatic rings. The fraction of sp³-hybridized carbons (Fsp3) is 0.231. The predicted molar refractivity (Wildman–Crippen MR) is 73.2 cm³/mol. The first-order valence-corrected chi connectivity index (χ1v) is 6.96. The summed E-state index contributed by atoms with van der Waals surface area (Å²) in [6, 6.07) is 5.95. The van der Waals surface area contributed by atoms with Crippen molar-refractivity contribution in [1.82, 2.24) is 9.97 Å². The molecular formula is C13H9BrClFN2O. The topological polar surface area (TPSA) is 35.0 Å². The van der Waals surface area contributed by atoms with Crippen LogP contribution in [0.5, 0.6) is 11.6 Å². The molecule has 0 radical (unpaired) electrons. The molecule has 6 heteroatoms. The van der Waals surface area contributed by atoms with Crippen molar-refractivity contribution in [3.63, 3.8) is 0 Å². The summed E-state index contributed by atoms with van der Waals surface area (Å²) in [5.74, 6) is 0.932. The van der Waals surface area contributed by atoms with Gasteiger partial charge in [0.25, 0.3) is 0 Å². The molecule has 2 aromatic rings. The molecule has 1 fully saturated rings. The highest BCUT2D eigenvalue weighted by Gasteiger charge is 2.27. The van der Waals surface area contributed by atoms with Crippen molar-refractivity contribution >= 4 is 27.5 Å². The van der Waals surface area contributed by atoms with E-state index in [-0.39, 0.29) is 11.6 Å². The molecule has 1 aromatic carbocycles. The summed E-state index contributed by atoms with van der Waals surface area (Å²) in [7, 11) is 0. The van der Waals surface area contributed by atoms with Crippen LogP contribution in [0.15, 0.2) is 28.7 Å². The van der Waals surface area contributed by atoms with E-state index in [2.05, 4.69) is 25.9 Å². The number of halogens is 3. The summed E-state index contributed by atoms with van der Waals surface area (Å²) in [6.07, 6.45) is 2.12. The Morgan fingerprint density at radius 2 is 2.05 bits per heavy atom. The Bertz CT molecular complexity index is 634. The third-order valence-corrected chi connectivity index (χ3v) is 3.43. The zero-order chi connectivity index (χ0) is 13.4. The van der Waals surface area contributed by atoms with E-state index in [1.807, 2.05) is 0 Å². The molecular weight excluding hydrogens is 335 g/mol. The van der Waals surface area contributed by atoms with Crippen LogP contribution < -0.4 is 4.74 Å². The van der Waals surface area contributed by atoms with Crippen LogP contribution in [0.4, 0.5) is 4.39 Å². The second kappa shape index (κ2) is 5.06. The molecule has 19 heavy (non-hydrogen) atoms. The number of benzene rings is 1. The summed E-state index contributed by atoms with van der Waals surface area (Å²) >= 11 is 9.19. The molecule has 0 saturated heterocycles. The maximum Gasteiger partial charge on any atom is 0.224 e. The molecule has 0 aliphatic heterocycles. The normalized spacial score (nSPS) is 14.5. The number of rotatable bonds is 3. The van der Waals surface area contributed by atoms with E-state index in [1.165, 1.54) is 12.1 Å². The number of nitrogens with zero attached hydrogens (tertiary/aromatic N) is 2. The molecule has 3 rings (SSSR count). The van der Waals surface area contributed by atoms with Gasteiger partial charge in [0.05, 0.1) is 0 Å². The Morgan fingerprint density at radius 1 is 1.26 bits per heavy atom. The lowest BCUT2D eigenvalue weighted by molar-refractivity contribution is 0.424. The van der Waals surface area contributed by atoms with Gasteiger partial charge in [-0.25, -0.2) is 9.37 Å². The Balaban J connectivity index is 1.92. The first kappa shape index (κ1) is 12.8. The van der Waals surface area contributed by atoms with Gasteiger partial charge in [-0.15, -0.1) is 0 Å². The largest absolute Gasteiger partial charge is 0.436 e. The maximum absolute atomic E-state index is 13.6. The number of aromatic nitrogens is 2. The average molecular weight is 344 g/mol. The third kappa shape index (κ3) is 3.04. The molecule has 0 spiro atoms. The molecule has 1 saturated carbocycles. The minimum absolute atomic E-state index is 0.103. The lowest BCUT2D eigenvalue weighted by Gasteiger charge is -2.08. The molecule has 0 bridgehead atoms. The number of hydrogen-bond donors (Lipinski definition) is 0. The van der Waals surface area contributed by atoms with E-state index >= 15 is 0 Å². The van der Waals surface area contributed by atoms with Gasteiger partial charge in [0.1, 0.15) is 11.0 Å². The zero-order valence-corrected chi connectivity index (χ0v) is 12.1. The molecule has 0 N–H and O–H groups in total. The molecule has 1 heterocycles. The van der Waals surface area contributed by atoms with Crippen LogP contribution >= 0.6 is 27.5 Å². The Labute approximate surface area is 122 Å². The van der Waals surface area contributed by atoms with Gasteiger partial charge in [-0.2, -0.15) is 4.98 Å². The van der Waals surface area contributed by atoms with E-state index < -0.39 is 5.82 Å². The minimum Gasteiger partial charge on any atom is -0.436 e. The van der Waals surface area contributed by atoms with E-state index in [1.54, 1.807) is 12.1 Å². The molecule has 98 valence electrons. The molecule has 0 unspecified atom stereocenters. The summed E-state index contributed by atoms with van der Waals surface area (Å²) in [5.41, 5.74) is 0. The van der Waals surface area contributed by atoms with Crippen LogP contribution in [-0.4, -0.2) is 9.97 Å². The monoisotopic (exact) mass is 342 g/mol.